The summed E-state index contributed by atoms with van der Waals surface area (Å²) in [7, 11) is 0. The molecule has 134 valence electrons. The Labute approximate surface area is 156 Å². The zero-order chi connectivity index (χ0) is 18.7. The Bertz CT molecular complexity index is 1030. The molecule has 0 aliphatic heterocycles. The largest absolute Gasteiger partial charge is 0.326 e. The summed E-state index contributed by atoms with van der Waals surface area (Å²) in [5.74, 6) is 0.550. The third-order valence-electron chi connectivity index (χ3n) is 4.19. The van der Waals surface area contributed by atoms with Gasteiger partial charge in [0.1, 0.15) is 5.82 Å². The van der Waals surface area contributed by atoms with Gasteiger partial charge in [-0.25, -0.2) is 4.98 Å². The Kier molecular flexibility index (Phi) is 5.38. The topological polar surface area (TPSA) is 64.0 Å². The molecular weight excluding hydrogens is 350 g/mol. The zero-order valence-corrected chi connectivity index (χ0v) is 15.5. The monoisotopic (exact) mass is 369 g/mol. The molecule has 0 spiro atoms. The van der Waals surface area contributed by atoms with E-state index in [-0.39, 0.29) is 11.5 Å². The molecule has 0 bridgehead atoms. The average Bonchev–Trinajstić information content (AvgIpc) is 2.61. The van der Waals surface area contributed by atoms with Crippen molar-refractivity contribution >= 4 is 34.1 Å². The van der Waals surface area contributed by atoms with Gasteiger partial charge in [-0.15, -0.1) is 0 Å². The summed E-state index contributed by atoms with van der Waals surface area (Å²) < 4.78 is 1.60. The minimum atomic E-state index is -0.154. The van der Waals surface area contributed by atoms with Gasteiger partial charge in [0.15, 0.2) is 0 Å². The van der Waals surface area contributed by atoms with Crippen LogP contribution in [0.15, 0.2) is 47.3 Å². The number of carbonyl (C=O) groups excluding carboxylic acids is 1. The summed E-state index contributed by atoms with van der Waals surface area (Å²) in [4.78, 5) is 29.3. The van der Waals surface area contributed by atoms with E-state index < -0.39 is 0 Å². The maximum Gasteiger partial charge on any atom is 0.261 e. The van der Waals surface area contributed by atoms with Crippen LogP contribution in [0.1, 0.15) is 31.2 Å². The molecule has 0 atom stereocenters. The lowest BCUT2D eigenvalue weighted by atomic mass is 10.2. The highest BCUT2D eigenvalue weighted by molar-refractivity contribution is 6.31. The first-order chi connectivity index (χ1) is 12.5. The molecule has 0 unspecified atom stereocenters. The smallest absolute Gasteiger partial charge is 0.261 e. The molecule has 0 fully saturated rings. The normalized spacial score (nSPS) is 10.9. The molecule has 26 heavy (non-hydrogen) atoms. The van der Waals surface area contributed by atoms with Gasteiger partial charge in [-0.3, -0.25) is 14.2 Å². The molecule has 1 amide bonds. The third kappa shape index (κ3) is 3.78. The van der Waals surface area contributed by atoms with Crippen molar-refractivity contribution in [1.82, 2.24) is 9.55 Å². The van der Waals surface area contributed by atoms with Gasteiger partial charge in [0.05, 0.1) is 17.4 Å². The van der Waals surface area contributed by atoms with Gasteiger partial charge in [-0.2, -0.15) is 0 Å². The lowest BCUT2D eigenvalue weighted by Crippen LogP contribution is -2.24. The number of halogens is 1. The average molecular weight is 370 g/mol. The number of aromatic nitrogens is 2. The van der Waals surface area contributed by atoms with Crippen molar-refractivity contribution in [3.05, 3.63) is 69.2 Å². The molecule has 0 saturated carbocycles. The van der Waals surface area contributed by atoms with Crippen LogP contribution < -0.4 is 10.9 Å². The molecule has 1 N–H and O–H groups in total. The second-order valence-electron chi connectivity index (χ2n) is 6.17. The lowest BCUT2D eigenvalue weighted by Gasteiger charge is -2.13. The van der Waals surface area contributed by atoms with Gasteiger partial charge in [0.25, 0.3) is 5.56 Å². The van der Waals surface area contributed by atoms with Crippen molar-refractivity contribution < 1.29 is 4.79 Å². The summed E-state index contributed by atoms with van der Waals surface area (Å²) in [5, 5.41) is 3.90. The molecule has 0 aliphatic carbocycles. The van der Waals surface area contributed by atoms with Crippen LogP contribution in [-0.4, -0.2) is 15.5 Å². The highest BCUT2D eigenvalue weighted by Crippen LogP contribution is 2.19. The second-order valence-corrected chi connectivity index (χ2v) is 6.58. The summed E-state index contributed by atoms with van der Waals surface area (Å²) in [6.45, 7) is 4.09. The Balaban J connectivity index is 2.03. The van der Waals surface area contributed by atoms with Crippen LogP contribution in [0.4, 0.5) is 5.69 Å². The van der Waals surface area contributed by atoms with E-state index in [1.807, 2.05) is 25.1 Å². The van der Waals surface area contributed by atoms with Crippen LogP contribution >= 0.6 is 11.6 Å². The number of rotatable bonds is 5. The SMILES string of the molecule is CCCC(=O)Nc1ccc2nc(C)n(Cc3ccccc3Cl)c(=O)c2c1. The Morgan fingerprint density at radius 1 is 1.23 bits per heavy atom. The molecule has 3 rings (SSSR count). The van der Waals surface area contributed by atoms with Gasteiger partial charge in [-0.05, 0) is 43.2 Å². The maximum atomic E-state index is 13.0. The fourth-order valence-electron chi connectivity index (χ4n) is 2.84. The molecule has 6 heteroatoms. The number of amides is 1. The summed E-state index contributed by atoms with van der Waals surface area (Å²) in [6.07, 6.45) is 1.21. The van der Waals surface area contributed by atoms with Gasteiger partial charge in [0, 0.05) is 17.1 Å². The number of fused-ring (bicyclic) bond motifs is 1. The van der Waals surface area contributed by atoms with Crippen molar-refractivity contribution in [2.24, 2.45) is 0 Å². The predicted octanol–water partition coefficient (Wildman–Crippen LogP) is 4.15. The third-order valence-corrected chi connectivity index (χ3v) is 4.56. The van der Waals surface area contributed by atoms with E-state index in [0.717, 1.165) is 12.0 Å². The van der Waals surface area contributed by atoms with Crippen molar-refractivity contribution in [3.8, 4) is 0 Å². The van der Waals surface area contributed by atoms with Crippen LogP contribution in [0, 0.1) is 6.92 Å². The minimum Gasteiger partial charge on any atom is -0.326 e. The Hall–Kier alpha value is -2.66. The van der Waals surface area contributed by atoms with Crippen LogP contribution in [0.2, 0.25) is 5.02 Å². The van der Waals surface area contributed by atoms with E-state index in [0.29, 0.717) is 40.4 Å². The van der Waals surface area contributed by atoms with Gasteiger partial charge >= 0.3 is 0 Å². The molecule has 1 aromatic heterocycles. The molecule has 0 saturated heterocycles. The first-order valence-electron chi connectivity index (χ1n) is 8.54. The van der Waals surface area contributed by atoms with Crippen molar-refractivity contribution in [1.29, 1.82) is 0 Å². The predicted molar refractivity (Wildman–Crippen MR) is 105 cm³/mol. The standard InChI is InChI=1S/C20H20ClN3O2/c1-3-6-19(25)23-15-9-10-18-16(11-15)20(26)24(13(2)22-18)12-14-7-4-5-8-17(14)21/h4-5,7-11H,3,6,12H2,1-2H3,(H,23,25). The number of hydrogen-bond donors (Lipinski definition) is 1. The van der Waals surface area contributed by atoms with E-state index in [2.05, 4.69) is 10.3 Å². The second kappa shape index (κ2) is 7.70. The van der Waals surface area contributed by atoms with E-state index in [9.17, 15) is 9.59 Å². The Morgan fingerprint density at radius 3 is 2.73 bits per heavy atom. The van der Waals surface area contributed by atoms with Gasteiger partial charge in [-0.1, -0.05) is 36.7 Å². The van der Waals surface area contributed by atoms with E-state index in [4.69, 9.17) is 11.6 Å². The molecule has 1 heterocycles. The zero-order valence-electron chi connectivity index (χ0n) is 14.8. The van der Waals surface area contributed by atoms with Gasteiger partial charge in [0.2, 0.25) is 5.91 Å². The first-order valence-corrected chi connectivity index (χ1v) is 8.92. The molecular formula is C20H20ClN3O2. The lowest BCUT2D eigenvalue weighted by molar-refractivity contribution is -0.116. The van der Waals surface area contributed by atoms with E-state index >= 15 is 0 Å². The summed E-state index contributed by atoms with van der Waals surface area (Å²) in [5.41, 5.74) is 1.91. The van der Waals surface area contributed by atoms with Crippen LogP contribution in [0.5, 0.6) is 0 Å². The van der Waals surface area contributed by atoms with Crippen molar-refractivity contribution in [2.75, 3.05) is 5.32 Å². The highest BCUT2D eigenvalue weighted by atomic mass is 35.5. The number of anilines is 1. The summed E-state index contributed by atoms with van der Waals surface area (Å²) >= 11 is 6.23. The number of aryl methyl sites for hydroxylation is 1. The van der Waals surface area contributed by atoms with Crippen LogP contribution in [0.25, 0.3) is 10.9 Å². The quantitative estimate of drug-likeness (QED) is 0.734. The first kappa shape index (κ1) is 18.1. The van der Waals surface area contributed by atoms with Crippen LogP contribution in [-0.2, 0) is 11.3 Å². The number of nitrogens with one attached hydrogen (secondary N) is 1. The fourth-order valence-corrected chi connectivity index (χ4v) is 3.04. The van der Waals surface area contributed by atoms with Crippen LogP contribution in [0.3, 0.4) is 0 Å². The van der Waals surface area contributed by atoms with E-state index in [1.165, 1.54) is 0 Å². The van der Waals surface area contributed by atoms with Crippen molar-refractivity contribution in [3.63, 3.8) is 0 Å². The highest BCUT2D eigenvalue weighted by Gasteiger charge is 2.11. The number of hydrogen-bond acceptors (Lipinski definition) is 3. The number of carbonyl (C=O) groups is 1. The molecule has 0 aliphatic rings. The van der Waals surface area contributed by atoms with E-state index in [1.54, 1.807) is 35.8 Å². The molecule has 5 nitrogen and oxygen atoms in total. The van der Waals surface area contributed by atoms with Crippen molar-refractivity contribution in [2.45, 2.75) is 33.2 Å². The molecule has 0 radical (unpaired) electrons. The molecule has 3 aromatic rings. The minimum absolute atomic E-state index is 0.0664. The molecule has 2 aromatic carbocycles. The summed E-state index contributed by atoms with van der Waals surface area (Å²) in [6, 6.07) is 12.6. The number of benzene rings is 2. The Morgan fingerprint density at radius 2 is 2.00 bits per heavy atom. The maximum absolute atomic E-state index is 13.0. The number of nitrogens with zero attached hydrogens (tertiary/aromatic N) is 2. The van der Waals surface area contributed by atoms with Gasteiger partial charge < -0.3 is 5.32 Å². The fraction of sp³-hybridized carbons (Fsp3) is 0.250.